The van der Waals surface area contributed by atoms with Crippen LogP contribution in [0.3, 0.4) is 0 Å². The van der Waals surface area contributed by atoms with Crippen LogP contribution >= 0.6 is 11.8 Å². The topological polar surface area (TPSA) is 58.6 Å². The maximum atomic E-state index is 12.1. The zero-order chi connectivity index (χ0) is 18.9. The van der Waals surface area contributed by atoms with Crippen molar-refractivity contribution in [3.63, 3.8) is 0 Å². The van der Waals surface area contributed by atoms with Crippen molar-refractivity contribution in [2.24, 2.45) is 0 Å². The monoisotopic (exact) mass is 385 g/mol. The van der Waals surface area contributed by atoms with Crippen molar-refractivity contribution in [1.29, 1.82) is 0 Å². The zero-order valence-electron chi connectivity index (χ0n) is 15.5. The number of nitrogens with one attached hydrogen (secondary N) is 1. The first kappa shape index (κ1) is 19.8. The number of aliphatic hydroxyl groups excluding tert-OH is 1. The average Bonchev–Trinajstić information content (AvgIpc) is 3.21. The van der Waals surface area contributed by atoms with Crippen LogP contribution in [0.5, 0.6) is 5.75 Å². The number of benzene rings is 2. The smallest absolute Gasteiger partial charge is 0.230 e. The highest BCUT2D eigenvalue weighted by atomic mass is 32.2. The summed E-state index contributed by atoms with van der Waals surface area (Å²) < 4.78 is 6.11. The number of thioether (sulfide) groups is 1. The Kier molecular flexibility index (Phi) is 7.60. The molecule has 144 valence electrons. The summed E-state index contributed by atoms with van der Waals surface area (Å²) in [5.74, 6) is 1.67. The first-order valence-electron chi connectivity index (χ1n) is 9.54. The number of aliphatic hydroxyl groups is 1. The number of carbonyl (C=O) groups excluding carboxylic acids is 1. The molecule has 0 bridgehead atoms. The number of hydrogen-bond donors (Lipinski definition) is 2. The van der Waals surface area contributed by atoms with Crippen LogP contribution in [-0.2, 0) is 11.3 Å². The van der Waals surface area contributed by atoms with Gasteiger partial charge in [-0.05, 0) is 37.3 Å². The largest absolute Gasteiger partial charge is 0.490 e. The van der Waals surface area contributed by atoms with Crippen molar-refractivity contribution >= 4 is 17.7 Å². The summed E-state index contributed by atoms with van der Waals surface area (Å²) >= 11 is 1.44. The number of carbonyl (C=O) groups is 1. The molecule has 27 heavy (non-hydrogen) atoms. The number of rotatable bonds is 9. The quantitative estimate of drug-likeness (QED) is 0.683. The highest BCUT2D eigenvalue weighted by molar-refractivity contribution is 7.99. The van der Waals surface area contributed by atoms with Crippen LogP contribution in [-0.4, -0.2) is 28.6 Å². The van der Waals surface area contributed by atoms with Gasteiger partial charge in [0.25, 0.3) is 0 Å². The van der Waals surface area contributed by atoms with Gasteiger partial charge in [0.2, 0.25) is 5.91 Å². The van der Waals surface area contributed by atoms with Crippen LogP contribution in [0.4, 0.5) is 0 Å². The minimum Gasteiger partial charge on any atom is -0.490 e. The zero-order valence-corrected chi connectivity index (χ0v) is 16.3. The fraction of sp³-hybridized carbons (Fsp3) is 0.409. The molecule has 1 saturated carbocycles. The standard InChI is InChI=1S/C22H27NO3S/c24-20(17-8-2-1-3-9-17)15-27-16-22(25)23-14-18-10-4-7-13-21(18)26-19-11-5-6-12-19/h1-4,7-10,13,19-20,24H,5-6,11-12,14-16H2,(H,23,25). The molecule has 1 aliphatic carbocycles. The third-order valence-electron chi connectivity index (χ3n) is 4.74. The lowest BCUT2D eigenvalue weighted by atomic mass is 10.1. The SMILES string of the molecule is O=C(CSCC(O)c1ccccc1)NCc1ccccc1OC1CCCC1. The van der Waals surface area contributed by atoms with Crippen LogP contribution in [0.15, 0.2) is 54.6 Å². The van der Waals surface area contributed by atoms with Crippen LogP contribution in [0.25, 0.3) is 0 Å². The van der Waals surface area contributed by atoms with E-state index in [0.29, 0.717) is 24.2 Å². The molecule has 3 rings (SSSR count). The van der Waals surface area contributed by atoms with E-state index in [1.54, 1.807) is 0 Å². The third kappa shape index (κ3) is 6.29. The Hall–Kier alpha value is -1.98. The van der Waals surface area contributed by atoms with Gasteiger partial charge in [-0.25, -0.2) is 0 Å². The molecule has 1 unspecified atom stereocenters. The highest BCUT2D eigenvalue weighted by Crippen LogP contribution is 2.26. The molecule has 0 heterocycles. The predicted octanol–water partition coefficient (Wildman–Crippen LogP) is 4.09. The summed E-state index contributed by atoms with van der Waals surface area (Å²) in [6.07, 6.45) is 4.44. The maximum Gasteiger partial charge on any atom is 0.230 e. The van der Waals surface area contributed by atoms with E-state index in [4.69, 9.17) is 4.74 Å². The second-order valence-electron chi connectivity index (χ2n) is 6.85. The maximum absolute atomic E-state index is 12.1. The molecule has 2 aromatic carbocycles. The summed E-state index contributed by atoms with van der Waals surface area (Å²) in [5.41, 5.74) is 1.88. The second kappa shape index (κ2) is 10.4. The molecule has 4 nitrogen and oxygen atoms in total. The lowest BCUT2D eigenvalue weighted by Gasteiger charge is -2.17. The second-order valence-corrected chi connectivity index (χ2v) is 7.88. The number of hydrogen-bond acceptors (Lipinski definition) is 4. The van der Waals surface area contributed by atoms with Gasteiger partial charge in [-0.3, -0.25) is 4.79 Å². The summed E-state index contributed by atoms with van der Waals surface area (Å²) in [7, 11) is 0. The minimum absolute atomic E-state index is 0.0315. The van der Waals surface area contributed by atoms with Gasteiger partial charge in [-0.15, -0.1) is 11.8 Å². The number of ether oxygens (including phenoxy) is 1. The van der Waals surface area contributed by atoms with Gasteiger partial charge in [0, 0.05) is 17.9 Å². The van der Waals surface area contributed by atoms with E-state index in [2.05, 4.69) is 5.32 Å². The van der Waals surface area contributed by atoms with E-state index in [1.165, 1.54) is 24.6 Å². The fourth-order valence-corrected chi connectivity index (χ4v) is 4.05. The molecule has 1 amide bonds. The Labute approximate surface area is 165 Å². The van der Waals surface area contributed by atoms with E-state index < -0.39 is 6.10 Å². The first-order chi connectivity index (χ1) is 13.2. The Morgan fingerprint density at radius 2 is 1.81 bits per heavy atom. The van der Waals surface area contributed by atoms with Crippen LogP contribution < -0.4 is 10.1 Å². The predicted molar refractivity (Wildman–Crippen MR) is 110 cm³/mol. The lowest BCUT2D eigenvalue weighted by Crippen LogP contribution is -2.25. The normalized spacial score (nSPS) is 15.4. The molecule has 2 N–H and O–H groups in total. The first-order valence-corrected chi connectivity index (χ1v) is 10.7. The molecule has 0 radical (unpaired) electrons. The van der Waals surface area contributed by atoms with Crippen LogP contribution in [0.2, 0.25) is 0 Å². The van der Waals surface area contributed by atoms with Gasteiger partial charge in [-0.1, -0.05) is 48.5 Å². The Balaban J connectivity index is 1.41. The summed E-state index contributed by atoms with van der Waals surface area (Å²) in [6, 6.07) is 17.4. The summed E-state index contributed by atoms with van der Waals surface area (Å²) in [5, 5.41) is 13.1. The summed E-state index contributed by atoms with van der Waals surface area (Å²) in [6.45, 7) is 0.462. The van der Waals surface area contributed by atoms with Crippen molar-refractivity contribution in [2.75, 3.05) is 11.5 Å². The van der Waals surface area contributed by atoms with E-state index >= 15 is 0 Å². The molecule has 5 heteroatoms. The van der Waals surface area contributed by atoms with Gasteiger partial charge < -0.3 is 15.2 Å². The summed E-state index contributed by atoms with van der Waals surface area (Å²) in [4.78, 5) is 12.1. The molecule has 0 saturated heterocycles. The Bertz CT molecular complexity index is 717. The average molecular weight is 386 g/mol. The molecule has 1 aliphatic rings. The van der Waals surface area contributed by atoms with Gasteiger partial charge in [-0.2, -0.15) is 0 Å². The lowest BCUT2D eigenvalue weighted by molar-refractivity contribution is -0.118. The van der Waals surface area contributed by atoms with Crippen molar-refractivity contribution in [3.05, 3.63) is 65.7 Å². The molecular formula is C22H27NO3S. The molecule has 1 atom stereocenters. The minimum atomic E-state index is -0.551. The van der Waals surface area contributed by atoms with Crippen molar-refractivity contribution in [3.8, 4) is 5.75 Å². The van der Waals surface area contributed by atoms with E-state index in [-0.39, 0.29) is 5.91 Å². The molecular weight excluding hydrogens is 358 g/mol. The van der Waals surface area contributed by atoms with E-state index in [1.807, 2.05) is 54.6 Å². The molecule has 0 aliphatic heterocycles. The van der Waals surface area contributed by atoms with Crippen molar-refractivity contribution in [1.82, 2.24) is 5.32 Å². The molecule has 2 aromatic rings. The van der Waals surface area contributed by atoms with Gasteiger partial charge >= 0.3 is 0 Å². The van der Waals surface area contributed by atoms with E-state index in [9.17, 15) is 9.90 Å². The van der Waals surface area contributed by atoms with Gasteiger partial charge in [0.15, 0.2) is 0 Å². The van der Waals surface area contributed by atoms with Crippen LogP contribution in [0.1, 0.15) is 42.9 Å². The van der Waals surface area contributed by atoms with Crippen molar-refractivity contribution < 1.29 is 14.6 Å². The molecule has 0 aromatic heterocycles. The van der Waals surface area contributed by atoms with Gasteiger partial charge in [0.1, 0.15) is 5.75 Å². The van der Waals surface area contributed by atoms with Gasteiger partial charge in [0.05, 0.1) is 18.0 Å². The van der Waals surface area contributed by atoms with E-state index in [0.717, 1.165) is 29.7 Å². The molecule has 1 fully saturated rings. The Morgan fingerprint density at radius 1 is 1.11 bits per heavy atom. The Morgan fingerprint density at radius 3 is 2.59 bits per heavy atom. The number of amides is 1. The highest BCUT2D eigenvalue weighted by Gasteiger charge is 2.18. The van der Waals surface area contributed by atoms with Crippen LogP contribution in [0, 0.1) is 0 Å². The number of para-hydroxylation sites is 1. The third-order valence-corrected chi connectivity index (χ3v) is 5.76. The molecule has 0 spiro atoms. The van der Waals surface area contributed by atoms with Crippen molar-refractivity contribution in [2.45, 2.75) is 44.4 Å². The fourth-order valence-electron chi connectivity index (χ4n) is 3.23.